The first-order valence-electron chi connectivity index (χ1n) is 45.4. The molecule has 3 aromatic carbocycles. The first kappa shape index (κ1) is 118. The molecule has 9 aromatic rings. The minimum atomic E-state index is -3.19. The Hall–Kier alpha value is -12.2. The van der Waals surface area contributed by atoms with Gasteiger partial charge in [-0.2, -0.15) is 0 Å². The van der Waals surface area contributed by atoms with Crippen LogP contribution in [0.15, 0.2) is 199 Å². The number of anilines is 2. The van der Waals surface area contributed by atoms with Gasteiger partial charge in [0.05, 0.1) is 37.4 Å². The Labute approximate surface area is 785 Å². The lowest BCUT2D eigenvalue weighted by atomic mass is 10.0. The highest BCUT2D eigenvalue weighted by atomic mass is 32.2. The second-order valence-corrected chi connectivity index (χ2v) is 37.3. The summed E-state index contributed by atoms with van der Waals surface area (Å²) in [5.74, 6) is 4.56. The van der Waals surface area contributed by atoms with Crippen LogP contribution in [0.25, 0.3) is 0 Å². The van der Waals surface area contributed by atoms with Gasteiger partial charge in [0.15, 0.2) is 20.6 Å². The van der Waals surface area contributed by atoms with Gasteiger partial charge in [-0.1, -0.05) is 224 Å². The van der Waals surface area contributed by atoms with E-state index in [-0.39, 0.29) is 123 Å². The van der Waals surface area contributed by atoms with Gasteiger partial charge in [-0.05, 0) is 126 Å². The number of Topliss-reactive ketones (excluding diaryl/α,β-unsaturated/α-hetero) is 3. The van der Waals surface area contributed by atoms with Gasteiger partial charge >= 0.3 is 0 Å². The largest absolute Gasteiger partial charge is 0.467 e. The Morgan fingerprint density at radius 3 is 1.29 bits per heavy atom. The van der Waals surface area contributed by atoms with Crippen molar-refractivity contribution < 1.29 is 60.8 Å². The Bertz CT molecular complexity index is 4660. The average Bonchev–Trinajstić information content (AvgIpc) is 1.71. The molecule has 2 saturated carbocycles. The zero-order valence-corrected chi connectivity index (χ0v) is 83.7. The van der Waals surface area contributed by atoms with Crippen LogP contribution in [0.3, 0.4) is 0 Å². The summed E-state index contributed by atoms with van der Waals surface area (Å²) >= 11 is 0. The van der Waals surface area contributed by atoms with E-state index in [1.165, 1.54) is 51.0 Å². The molecule has 11 rings (SSSR count). The number of benzene rings is 3. The lowest BCUT2D eigenvalue weighted by Gasteiger charge is -2.19. The molecule has 0 bridgehead atoms. The minimum Gasteiger partial charge on any atom is -0.467 e. The quantitative estimate of drug-likeness (QED) is 0.0260. The predicted octanol–water partition coefficient (Wildman–Crippen LogP) is 17.1. The maximum Gasteiger partial charge on any atom is 0.229 e. The summed E-state index contributed by atoms with van der Waals surface area (Å²) in [7, 11) is 0.358. The van der Waals surface area contributed by atoms with Crippen molar-refractivity contribution in [3.8, 4) is 0 Å². The van der Waals surface area contributed by atoms with Crippen LogP contribution in [-0.2, 0) is 92.5 Å². The summed E-state index contributed by atoms with van der Waals surface area (Å²) in [5.41, 5.74) is 5.17. The Balaban J connectivity index is 0.000000727. The van der Waals surface area contributed by atoms with Gasteiger partial charge in [-0.15, -0.1) is 0 Å². The summed E-state index contributed by atoms with van der Waals surface area (Å²) in [6, 6.07) is 44.5. The van der Waals surface area contributed by atoms with Gasteiger partial charge in [0.25, 0.3) is 0 Å². The fraction of sp³-hybridized carbons (Fsp3) is 0.490. The number of aryl methyl sites for hydroxylation is 3. The number of carbonyl (C=O) groups excluding carboxylic acids is 10. The van der Waals surface area contributed by atoms with Gasteiger partial charge < -0.3 is 45.8 Å². The van der Waals surface area contributed by atoms with Gasteiger partial charge in [-0.25, -0.2) is 43.3 Å². The van der Waals surface area contributed by atoms with Gasteiger partial charge in [0, 0.05) is 158 Å². The van der Waals surface area contributed by atoms with E-state index in [2.05, 4.69) is 71.8 Å². The summed E-state index contributed by atoms with van der Waals surface area (Å²) < 4.78 is 29.6. The molecule has 30 heteroatoms. The normalized spacial score (nSPS) is 11.7. The molecule has 722 valence electrons. The van der Waals surface area contributed by atoms with Gasteiger partial charge in [-0.3, -0.25) is 52.9 Å². The molecule has 0 saturated heterocycles. The number of ketones is 3. The number of hydrogen-bond acceptors (Lipinski definition) is 21. The SMILES string of the molecule is CC(C)C(=O)Cc1ccccn1.CC(C)C(=O)Cc1ncccn1.CC(C)C(=O)N(C)c1ccccc1.CC(C)C(=O)NC1CC1.CC(C)C(=O)NC1CCCC1.CC(C)C(=O)NCc1ccccc1.CC(C)C(=O)NCc1ccco1.CC(C)C(=O)NCc1ncccn1.CC(C)C(=O)Nc1ccccc1.CC(C)S(=O)(=O)c1cn(C)cn1.Cc1cc(C(=O)C(C)C)nc(C)n1. The first-order valence-corrected chi connectivity index (χ1v) is 47.0. The number of imidazole rings is 1. The molecule has 0 aliphatic heterocycles. The van der Waals surface area contributed by atoms with Crippen LogP contribution in [-0.4, -0.2) is 136 Å². The highest BCUT2D eigenvalue weighted by Gasteiger charge is 2.25. The van der Waals surface area contributed by atoms with Crippen molar-refractivity contribution in [2.75, 3.05) is 17.3 Å². The summed E-state index contributed by atoms with van der Waals surface area (Å²) in [5, 5.41) is 16.8. The third kappa shape index (κ3) is 53.8. The highest BCUT2D eigenvalue weighted by molar-refractivity contribution is 7.91. The number of carbonyl (C=O) groups is 10. The van der Waals surface area contributed by atoms with E-state index in [1.54, 1.807) is 106 Å². The number of amides is 7. The zero-order valence-electron chi connectivity index (χ0n) is 82.9. The second kappa shape index (κ2) is 65.4. The third-order valence-corrected chi connectivity index (χ3v) is 20.8. The van der Waals surface area contributed by atoms with E-state index < -0.39 is 15.1 Å². The fourth-order valence-corrected chi connectivity index (χ4v) is 11.2. The molecule has 6 heterocycles. The first-order chi connectivity index (χ1) is 62.2. The molecule has 0 radical (unpaired) electrons. The summed E-state index contributed by atoms with van der Waals surface area (Å²) in [6.07, 6.45) is 21.0. The van der Waals surface area contributed by atoms with E-state index in [9.17, 15) is 56.4 Å². The third-order valence-electron chi connectivity index (χ3n) is 18.8. The molecular weight excluding hydrogens is 1690 g/mol. The number of para-hydroxylation sites is 2. The summed E-state index contributed by atoms with van der Waals surface area (Å²) in [4.78, 5) is 146. The molecule has 2 aliphatic rings. The Morgan fingerprint density at radius 1 is 0.439 bits per heavy atom. The maximum atomic E-state index is 11.6. The van der Waals surface area contributed by atoms with E-state index >= 15 is 0 Å². The molecule has 2 aliphatic carbocycles. The molecule has 0 spiro atoms. The van der Waals surface area contributed by atoms with Crippen molar-refractivity contribution >= 4 is 79.9 Å². The van der Waals surface area contributed by atoms with Crippen LogP contribution in [0.1, 0.15) is 242 Å². The van der Waals surface area contributed by atoms with Gasteiger partial charge in [0.1, 0.15) is 40.5 Å². The topological polar surface area (TPSA) is 401 Å². The smallest absolute Gasteiger partial charge is 0.229 e. The second-order valence-electron chi connectivity index (χ2n) is 34.8. The molecule has 7 amide bonds. The number of furan rings is 1. The van der Waals surface area contributed by atoms with Crippen molar-refractivity contribution in [1.82, 2.24) is 71.0 Å². The van der Waals surface area contributed by atoms with Crippen LogP contribution < -0.4 is 36.8 Å². The standard InChI is InChI=1S/2C11H15NO.C10H14N2O.2C10H13NO.C9H13N3O.C9H12N2O.C9H13NO2.C9H17NO.C7H12N2O2S.C7H13NO/c1-9(2)11(13)12(3)10-7-5-4-6-8-10;1-9(2)11(13)12-8-10-6-4-3-5-7-10;1-6(2)10(13)9-5-7(3)11-8(4)12-9;1-8(2)10(12)7-9-5-3-4-6-11-9;1-8(2)10(12)11-9-6-4-3-5-7-9;1-7(2)9(13)12-6-8-10-4-3-5-11-8;1-7(2)8(12)6-9-10-4-3-5-11-9;1-7(2)9(11)10-6-8-4-3-5-12-8;1-7(2)9(11)10-8-5-3-4-6-8;1-6(2)12(10,11)7-4-9(3)5-8-7;1-5(2)7(9)8-6-3-4-6/h4-9H,1-3H3;3-7,9H,8H2,1-2H3,(H,12,13);5-6H,1-4H3;3-6,8H,7H2,1-2H3;3-8H,1-2H3,(H,11,12);3-5,7H,6H2,1-2H3,(H,12,13);3-5,7H,6H2,1-2H3;3-5,7H,6H2,1-2H3,(H,10,11);7-8H,3-6H2,1-2H3,(H,10,11);4-6H,1-3H3;5-6H,3-4H2,1-2H3,(H,8,9). The number of nitrogens with zero attached hydrogens (tertiary/aromatic N) is 10. The van der Waals surface area contributed by atoms with Crippen molar-refractivity contribution in [2.45, 2.75) is 260 Å². The highest BCUT2D eigenvalue weighted by Crippen LogP contribution is 2.21. The maximum absolute atomic E-state index is 11.6. The molecule has 6 aromatic heterocycles. The zero-order chi connectivity index (χ0) is 99.6. The lowest BCUT2D eigenvalue weighted by molar-refractivity contribution is -0.125. The minimum absolute atomic E-state index is 0.00344. The van der Waals surface area contributed by atoms with Crippen LogP contribution in [0.4, 0.5) is 11.4 Å². The van der Waals surface area contributed by atoms with Crippen molar-refractivity contribution in [3.63, 3.8) is 0 Å². The number of hydrogen-bond donors (Lipinski definition) is 6. The Kier molecular flexibility index (Phi) is 58.3. The number of nitrogens with one attached hydrogen (secondary N) is 6. The van der Waals surface area contributed by atoms with E-state index in [0.717, 1.165) is 34.1 Å². The van der Waals surface area contributed by atoms with Gasteiger partial charge in [0.2, 0.25) is 41.4 Å². The van der Waals surface area contributed by atoms with Crippen molar-refractivity contribution in [2.24, 2.45) is 66.2 Å². The van der Waals surface area contributed by atoms with Crippen LogP contribution in [0.5, 0.6) is 0 Å². The monoisotopic (exact) mass is 1840 g/mol. The average molecular weight is 1840 g/mol. The number of pyridine rings is 1. The predicted molar refractivity (Wildman–Crippen MR) is 523 cm³/mol. The van der Waals surface area contributed by atoms with Crippen LogP contribution in [0.2, 0.25) is 0 Å². The van der Waals surface area contributed by atoms with Crippen LogP contribution in [0, 0.1) is 73.0 Å². The molecule has 29 nitrogen and oxygen atoms in total. The molecule has 6 N–H and O–H groups in total. The fourth-order valence-electron chi connectivity index (χ4n) is 10.2. The molecule has 132 heavy (non-hydrogen) atoms. The lowest BCUT2D eigenvalue weighted by Crippen LogP contribution is -2.35. The van der Waals surface area contributed by atoms with Crippen molar-refractivity contribution in [3.05, 3.63) is 235 Å². The summed E-state index contributed by atoms with van der Waals surface area (Å²) in [6.45, 7) is 46.2. The van der Waals surface area contributed by atoms with Crippen molar-refractivity contribution in [1.29, 1.82) is 0 Å². The van der Waals surface area contributed by atoms with E-state index in [1.807, 2.05) is 261 Å². The molecular formula is C102H150N16O13S. The van der Waals surface area contributed by atoms with Crippen LogP contribution >= 0.6 is 0 Å². The number of rotatable bonds is 27. The van der Waals surface area contributed by atoms with E-state index in [0.29, 0.717) is 67.7 Å². The number of sulfone groups is 1. The molecule has 0 atom stereocenters. The number of aromatic nitrogens is 9. The Morgan fingerprint density at radius 2 is 0.879 bits per heavy atom. The van der Waals surface area contributed by atoms with E-state index in [4.69, 9.17) is 4.42 Å². The molecule has 0 unspecified atom stereocenters. The molecule has 2 fully saturated rings.